The molecule has 0 aliphatic heterocycles. The number of alkyl halides is 4. The van der Waals surface area contributed by atoms with Crippen molar-refractivity contribution < 1.29 is 17.6 Å². The second kappa shape index (κ2) is 5.89. The van der Waals surface area contributed by atoms with E-state index in [2.05, 4.69) is 26.3 Å². The minimum Gasteiger partial charge on any atom is -0.376 e. The molecule has 0 saturated carbocycles. The first kappa shape index (κ1) is 15.9. The van der Waals surface area contributed by atoms with Crippen LogP contribution in [0.3, 0.4) is 0 Å². The zero-order chi connectivity index (χ0) is 14.8. The number of anilines is 1. The van der Waals surface area contributed by atoms with Gasteiger partial charge in [-0.25, -0.2) is 13.5 Å². The lowest BCUT2D eigenvalue weighted by Gasteiger charge is -2.17. The van der Waals surface area contributed by atoms with Gasteiger partial charge in [-0.1, -0.05) is 0 Å². The van der Waals surface area contributed by atoms with Crippen molar-refractivity contribution in [3.8, 4) is 0 Å². The van der Waals surface area contributed by atoms with Gasteiger partial charge in [0.25, 0.3) is 5.56 Å². The summed E-state index contributed by atoms with van der Waals surface area (Å²) in [4.78, 5) is 11.8. The maximum atomic E-state index is 12.7. The van der Waals surface area contributed by atoms with E-state index in [0.29, 0.717) is 0 Å². The molecule has 0 aliphatic carbocycles. The third kappa shape index (κ3) is 3.68. The Bertz CT molecular complexity index is 504. The van der Waals surface area contributed by atoms with Crippen LogP contribution in [0, 0.1) is 0 Å². The van der Waals surface area contributed by atoms with Gasteiger partial charge in [0.1, 0.15) is 4.47 Å². The molecule has 0 radical (unpaired) electrons. The van der Waals surface area contributed by atoms with Gasteiger partial charge in [-0.3, -0.25) is 4.79 Å². The third-order valence-electron chi connectivity index (χ3n) is 2.27. The smallest absolute Gasteiger partial charge is 0.324 e. The minimum absolute atomic E-state index is 0.0266. The number of hydrogen-bond donors (Lipinski definition) is 1. The maximum Gasteiger partial charge on any atom is 0.324 e. The lowest BCUT2D eigenvalue weighted by atomic mass is 10.3. The van der Waals surface area contributed by atoms with Crippen LogP contribution in [-0.4, -0.2) is 28.7 Å². The zero-order valence-corrected chi connectivity index (χ0v) is 11.7. The van der Waals surface area contributed by atoms with Gasteiger partial charge < -0.3 is 5.32 Å². The topological polar surface area (TPSA) is 46.9 Å². The van der Waals surface area contributed by atoms with Gasteiger partial charge in [0, 0.05) is 0 Å². The fourth-order valence-corrected chi connectivity index (χ4v) is 1.65. The van der Waals surface area contributed by atoms with E-state index in [4.69, 9.17) is 0 Å². The summed E-state index contributed by atoms with van der Waals surface area (Å²) in [7, 11) is 0. The summed E-state index contributed by atoms with van der Waals surface area (Å²) in [5.41, 5.74) is -0.581. The molecule has 4 nitrogen and oxygen atoms in total. The summed E-state index contributed by atoms with van der Waals surface area (Å²) in [6, 6.07) is -0.208. The Labute approximate surface area is 114 Å². The first-order valence-electron chi connectivity index (χ1n) is 5.34. The standard InChI is InChI=1S/C10H12BrF4N3O/c1-5(2)18-8(19)7(11)6(3-17-18)16-4-10(14,15)9(12)13/h3,5,9,16H,4H2,1-2H3. The van der Waals surface area contributed by atoms with Crippen molar-refractivity contribution in [3.63, 3.8) is 0 Å². The van der Waals surface area contributed by atoms with Crippen molar-refractivity contribution in [1.82, 2.24) is 9.78 Å². The second-order valence-electron chi connectivity index (χ2n) is 4.13. The van der Waals surface area contributed by atoms with Gasteiger partial charge in [-0.15, -0.1) is 0 Å². The molecule has 0 atom stereocenters. The molecule has 0 amide bonds. The molecule has 0 aliphatic rings. The van der Waals surface area contributed by atoms with Gasteiger partial charge in [0.2, 0.25) is 0 Å². The number of aromatic nitrogens is 2. The van der Waals surface area contributed by atoms with Crippen LogP contribution in [0.1, 0.15) is 19.9 Å². The molecule has 19 heavy (non-hydrogen) atoms. The molecule has 1 heterocycles. The van der Waals surface area contributed by atoms with Crippen LogP contribution in [0.2, 0.25) is 0 Å². The van der Waals surface area contributed by atoms with Crippen LogP contribution in [0.5, 0.6) is 0 Å². The Balaban J connectivity index is 2.93. The molecule has 0 unspecified atom stereocenters. The molecule has 1 aromatic rings. The summed E-state index contributed by atoms with van der Waals surface area (Å²) >= 11 is 2.94. The molecular formula is C10H12BrF4N3O. The number of nitrogens with one attached hydrogen (secondary N) is 1. The van der Waals surface area contributed by atoms with Gasteiger partial charge >= 0.3 is 12.3 Å². The Hall–Kier alpha value is -1.12. The Morgan fingerprint density at radius 2 is 2.05 bits per heavy atom. The molecular weight excluding hydrogens is 334 g/mol. The minimum atomic E-state index is -4.17. The van der Waals surface area contributed by atoms with Crippen molar-refractivity contribution in [2.24, 2.45) is 0 Å². The fraction of sp³-hybridized carbons (Fsp3) is 0.600. The maximum absolute atomic E-state index is 12.7. The van der Waals surface area contributed by atoms with Gasteiger partial charge in [-0.2, -0.15) is 13.9 Å². The number of nitrogens with zero attached hydrogens (tertiary/aromatic N) is 2. The van der Waals surface area contributed by atoms with E-state index < -0.39 is 24.5 Å². The number of hydrogen-bond acceptors (Lipinski definition) is 3. The normalized spacial score (nSPS) is 12.3. The van der Waals surface area contributed by atoms with E-state index in [-0.39, 0.29) is 16.2 Å². The van der Waals surface area contributed by atoms with Crippen molar-refractivity contribution in [1.29, 1.82) is 0 Å². The highest BCUT2D eigenvalue weighted by Gasteiger charge is 2.40. The fourth-order valence-electron chi connectivity index (χ4n) is 1.23. The molecule has 0 fully saturated rings. The van der Waals surface area contributed by atoms with Crippen molar-refractivity contribution >= 4 is 21.6 Å². The van der Waals surface area contributed by atoms with Gasteiger partial charge in [0.15, 0.2) is 0 Å². The van der Waals surface area contributed by atoms with E-state index in [1.54, 1.807) is 13.8 Å². The monoisotopic (exact) mass is 345 g/mol. The lowest BCUT2D eigenvalue weighted by molar-refractivity contribution is -0.117. The SMILES string of the molecule is CC(C)n1ncc(NCC(F)(F)C(F)F)c(Br)c1=O. The second-order valence-corrected chi connectivity index (χ2v) is 4.92. The summed E-state index contributed by atoms with van der Waals surface area (Å²) in [5.74, 6) is -4.17. The summed E-state index contributed by atoms with van der Waals surface area (Å²) in [6.07, 6.45) is -2.64. The highest BCUT2D eigenvalue weighted by molar-refractivity contribution is 9.10. The average molecular weight is 346 g/mol. The van der Waals surface area contributed by atoms with E-state index >= 15 is 0 Å². The highest BCUT2D eigenvalue weighted by Crippen LogP contribution is 2.25. The first-order valence-corrected chi connectivity index (χ1v) is 6.13. The quantitative estimate of drug-likeness (QED) is 0.834. The molecule has 1 N–H and O–H groups in total. The molecule has 1 aromatic heterocycles. The molecule has 108 valence electrons. The molecule has 1 rings (SSSR count). The first-order chi connectivity index (χ1) is 8.66. The summed E-state index contributed by atoms with van der Waals surface area (Å²) in [6.45, 7) is 2.16. The lowest BCUT2D eigenvalue weighted by Crippen LogP contribution is -2.35. The van der Waals surface area contributed by atoms with Crippen LogP contribution < -0.4 is 10.9 Å². The summed E-state index contributed by atoms with van der Waals surface area (Å²) < 4.78 is 50.6. The molecule has 0 aromatic carbocycles. The summed E-state index contributed by atoms with van der Waals surface area (Å²) in [5, 5.41) is 5.85. The molecule has 9 heteroatoms. The predicted molar refractivity (Wildman–Crippen MR) is 66.0 cm³/mol. The van der Waals surface area contributed by atoms with Crippen LogP contribution in [0.4, 0.5) is 23.2 Å². The number of halogens is 5. The van der Waals surface area contributed by atoms with Crippen LogP contribution in [0.25, 0.3) is 0 Å². The zero-order valence-electron chi connectivity index (χ0n) is 10.1. The van der Waals surface area contributed by atoms with Gasteiger partial charge in [0.05, 0.1) is 24.5 Å². The molecule has 0 saturated heterocycles. The van der Waals surface area contributed by atoms with Crippen LogP contribution >= 0.6 is 15.9 Å². The third-order valence-corrected chi connectivity index (χ3v) is 3.03. The van der Waals surface area contributed by atoms with E-state index in [1.807, 2.05) is 0 Å². The Morgan fingerprint density at radius 1 is 1.47 bits per heavy atom. The Morgan fingerprint density at radius 3 is 2.53 bits per heavy atom. The largest absolute Gasteiger partial charge is 0.376 e. The van der Waals surface area contributed by atoms with Crippen LogP contribution in [-0.2, 0) is 0 Å². The van der Waals surface area contributed by atoms with E-state index in [1.165, 1.54) is 0 Å². The van der Waals surface area contributed by atoms with E-state index in [9.17, 15) is 22.4 Å². The molecule has 0 bridgehead atoms. The molecule has 0 spiro atoms. The van der Waals surface area contributed by atoms with E-state index in [0.717, 1.165) is 10.9 Å². The van der Waals surface area contributed by atoms with Crippen LogP contribution in [0.15, 0.2) is 15.5 Å². The Kier molecular flexibility index (Phi) is 4.94. The van der Waals surface area contributed by atoms with Crippen molar-refractivity contribution in [2.75, 3.05) is 11.9 Å². The average Bonchev–Trinajstić information content (AvgIpc) is 2.30. The predicted octanol–water partition coefficient (Wildman–Crippen LogP) is 2.90. The van der Waals surface area contributed by atoms with Crippen molar-refractivity contribution in [3.05, 3.63) is 21.0 Å². The highest BCUT2D eigenvalue weighted by atomic mass is 79.9. The van der Waals surface area contributed by atoms with Gasteiger partial charge in [-0.05, 0) is 29.8 Å². The van der Waals surface area contributed by atoms with Crippen molar-refractivity contribution in [2.45, 2.75) is 32.2 Å². The number of rotatable bonds is 5.